The third-order valence-electron chi connectivity index (χ3n) is 5.06. The number of benzene rings is 1. The van der Waals surface area contributed by atoms with Gasteiger partial charge in [0.2, 0.25) is 11.7 Å². The molecule has 2 aromatic rings. The van der Waals surface area contributed by atoms with E-state index < -0.39 is 0 Å². The summed E-state index contributed by atoms with van der Waals surface area (Å²) in [6.07, 6.45) is 1.23. The Morgan fingerprint density at radius 2 is 1.73 bits per heavy atom. The van der Waals surface area contributed by atoms with Gasteiger partial charge in [0.1, 0.15) is 0 Å². The highest BCUT2D eigenvalue weighted by molar-refractivity contribution is 7.15. The summed E-state index contributed by atoms with van der Waals surface area (Å²) in [6.45, 7) is 12.2. The summed E-state index contributed by atoms with van der Waals surface area (Å²) in [5, 5.41) is 3.42. The van der Waals surface area contributed by atoms with E-state index in [9.17, 15) is 9.59 Å². The van der Waals surface area contributed by atoms with Crippen LogP contribution in [0.4, 0.5) is 5.13 Å². The summed E-state index contributed by atoms with van der Waals surface area (Å²) in [6, 6.07) is 3.32. The van der Waals surface area contributed by atoms with Crippen LogP contribution in [-0.4, -0.2) is 48.1 Å². The minimum absolute atomic E-state index is 0.163. The number of hydrogen-bond donors (Lipinski definition) is 1. The Morgan fingerprint density at radius 1 is 1.09 bits per heavy atom. The molecule has 0 unspecified atom stereocenters. The quantitative estimate of drug-likeness (QED) is 0.543. The van der Waals surface area contributed by atoms with Crippen LogP contribution >= 0.6 is 11.3 Å². The van der Waals surface area contributed by atoms with Gasteiger partial charge >= 0.3 is 0 Å². The standard InChI is InChI=1S/C24H33N3O5S/c1-6-30-18-12-16(13-19(31-7-2)22(18)32-8-3)23(29)26-24-25-17-9-10-27(14-20(17)33-24)21(28)11-15(4)5/h12-13,15H,6-11,14H2,1-5H3,(H,25,26,29). The van der Waals surface area contributed by atoms with Gasteiger partial charge in [0.05, 0.1) is 32.1 Å². The molecule has 0 saturated carbocycles. The Kier molecular flexibility index (Phi) is 8.55. The number of fused-ring (bicyclic) bond motifs is 1. The molecule has 0 bridgehead atoms. The highest BCUT2D eigenvalue weighted by Gasteiger charge is 2.25. The average molecular weight is 476 g/mol. The number of hydrogen-bond acceptors (Lipinski definition) is 7. The van der Waals surface area contributed by atoms with Crippen molar-refractivity contribution in [1.82, 2.24) is 9.88 Å². The molecule has 2 heterocycles. The van der Waals surface area contributed by atoms with E-state index in [1.807, 2.05) is 39.5 Å². The largest absolute Gasteiger partial charge is 0.490 e. The molecule has 0 radical (unpaired) electrons. The van der Waals surface area contributed by atoms with Crippen molar-refractivity contribution < 1.29 is 23.8 Å². The van der Waals surface area contributed by atoms with Crippen LogP contribution < -0.4 is 19.5 Å². The second-order valence-corrected chi connectivity index (χ2v) is 9.19. The maximum absolute atomic E-state index is 13.0. The summed E-state index contributed by atoms with van der Waals surface area (Å²) >= 11 is 1.41. The molecule has 1 aliphatic heterocycles. The van der Waals surface area contributed by atoms with Crippen molar-refractivity contribution >= 4 is 28.3 Å². The number of ether oxygens (including phenoxy) is 3. The monoisotopic (exact) mass is 475 g/mol. The number of nitrogens with one attached hydrogen (secondary N) is 1. The Morgan fingerprint density at radius 3 is 2.30 bits per heavy atom. The first-order valence-electron chi connectivity index (χ1n) is 11.5. The van der Waals surface area contributed by atoms with Crippen LogP contribution in [0.25, 0.3) is 0 Å². The molecule has 1 aliphatic rings. The summed E-state index contributed by atoms with van der Waals surface area (Å²) in [5.41, 5.74) is 1.34. The van der Waals surface area contributed by atoms with Gasteiger partial charge in [-0.15, -0.1) is 0 Å². The lowest BCUT2D eigenvalue weighted by Crippen LogP contribution is -2.36. The van der Waals surface area contributed by atoms with E-state index in [1.165, 1.54) is 11.3 Å². The fourth-order valence-electron chi connectivity index (χ4n) is 3.63. The third-order valence-corrected chi connectivity index (χ3v) is 6.06. The van der Waals surface area contributed by atoms with Gasteiger partial charge in [0, 0.05) is 29.8 Å². The topological polar surface area (TPSA) is 90.0 Å². The van der Waals surface area contributed by atoms with Gasteiger partial charge in [0.15, 0.2) is 16.6 Å². The van der Waals surface area contributed by atoms with Crippen molar-refractivity contribution in [3.63, 3.8) is 0 Å². The summed E-state index contributed by atoms with van der Waals surface area (Å²) in [5.74, 6) is 1.61. The van der Waals surface area contributed by atoms with Crippen LogP contribution in [0.3, 0.4) is 0 Å². The first-order chi connectivity index (χ1) is 15.9. The van der Waals surface area contributed by atoms with Gasteiger partial charge in [-0.3, -0.25) is 14.9 Å². The van der Waals surface area contributed by atoms with Crippen LogP contribution in [0.5, 0.6) is 17.2 Å². The molecule has 1 N–H and O–H groups in total. The van der Waals surface area contributed by atoms with Gasteiger partial charge in [-0.05, 0) is 38.8 Å². The zero-order chi connectivity index (χ0) is 24.0. The Balaban J connectivity index is 1.78. The zero-order valence-corrected chi connectivity index (χ0v) is 20.8. The lowest BCUT2D eigenvalue weighted by Gasteiger charge is -2.26. The average Bonchev–Trinajstić information content (AvgIpc) is 3.17. The number of amides is 2. The number of nitrogens with zero attached hydrogens (tertiary/aromatic N) is 2. The first-order valence-corrected chi connectivity index (χ1v) is 12.3. The number of carbonyl (C=O) groups excluding carboxylic acids is 2. The lowest BCUT2D eigenvalue weighted by molar-refractivity contribution is -0.132. The van der Waals surface area contributed by atoms with Gasteiger partial charge in [0.25, 0.3) is 5.91 Å². The lowest BCUT2D eigenvalue weighted by atomic mass is 10.1. The minimum Gasteiger partial charge on any atom is -0.490 e. The van der Waals surface area contributed by atoms with Crippen LogP contribution in [0.1, 0.15) is 62.0 Å². The van der Waals surface area contributed by atoms with Crippen molar-refractivity contribution in [2.75, 3.05) is 31.7 Å². The molecule has 0 aliphatic carbocycles. The second kappa shape index (κ2) is 11.4. The molecule has 0 fully saturated rings. The van der Waals surface area contributed by atoms with Crippen molar-refractivity contribution in [2.45, 2.75) is 54.0 Å². The predicted octanol–water partition coefficient (Wildman–Crippen LogP) is 4.52. The molecule has 0 saturated heterocycles. The molecule has 1 aromatic carbocycles. The third kappa shape index (κ3) is 6.16. The summed E-state index contributed by atoms with van der Waals surface area (Å²) in [4.78, 5) is 33.0. The fraction of sp³-hybridized carbons (Fsp3) is 0.542. The molecule has 0 atom stereocenters. The molecule has 1 aromatic heterocycles. The molecule has 8 nitrogen and oxygen atoms in total. The molecule has 33 heavy (non-hydrogen) atoms. The van der Waals surface area contributed by atoms with Gasteiger partial charge in [-0.1, -0.05) is 25.2 Å². The summed E-state index contributed by atoms with van der Waals surface area (Å²) in [7, 11) is 0. The zero-order valence-electron chi connectivity index (χ0n) is 20.0. The van der Waals surface area contributed by atoms with E-state index in [-0.39, 0.29) is 11.8 Å². The molecule has 9 heteroatoms. The highest BCUT2D eigenvalue weighted by Crippen LogP contribution is 2.39. The molecule has 2 amide bonds. The van der Waals surface area contributed by atoms with Crippen LogP contribution in [0.15, 0.2) is 12.1 Å². The van der Waals surface area contributed by atoms with E-state index in [0.29, 0.717) is 79.6 Å². The summed E-state index contributed by atoms with van der Waals surface area (Å²) < 4.78 is 17.1. The van der Waals surface area contributed by atoms with Gasteiger partial charge in [-0.2, -0.15) is 0 Å². The maximum atomic E-state index is 13.0. The molecular weight excluding hydrogens is 442 g/mol. The molecular formula is C24H33N3O5S. The van der Waals surface area contributed by atoms with Crippen molar-refractivity contribution in [3.05, 3.63) is 28.3 Å². The van der Waals surface area contributed by atoms with Crippen molar-refractivity contribution in [3.8, 4) is 17.2 Å². The Labute approximate surface area is 199 Å². The van der Waals surface area contributed by atoms with Crippen LogP contribution in [0.2, 0.25) is 0 Å². The highest BCUT2D eigenvalue weighted by atomic mass is 32.1. The number of rotatable bonds is 10. The van der Waals surface area contributed by atoms with Crippen LogP contribution in [-0.2, 0) is 17.8 Å². The minimum atomic E-state index is -0.307. The Hall–Kier alpha value is -2.81. The molecule has 3 rings (SSSR count). The van der Waals surface area contributed by atoms with E-state index in [1.54, 1.807) is 12.1 Å². The van der Waals surface area contributed by atoms with Gasteiger partial charge in [-0.25, -0.2) is 4.98 Å². The smallest absolute Gasteiger partial charge is 0.257 e. The predicted molar refractivity (Wildman–Crippen MR) is 129 cm³/mol. The van der Waals surface area contributed by atoms with E-state index >= 15 is 0 Å². The SMILES string of the molecule is CCOc1cc(C(=O)Nc2nc3c(s2)CN(C(=O)CC(C)C)CC3)cc(OCC)c1OCC. The number of aromatic nitrogens is 1. The van der Waals surface area contributed by atoms with Crippen LogP contribution in [0, 0.1) is 5.92 Å². The van der Waals surface area contributed by atoms with Crippen molar-refractivity contribution in [1.29, 1.82) is 0 Å². The van der Waals surface area contributed by atoms with Gasteiger partial charge < -0.3 is 19.1 Å². The Bertz CT molecular complexity index is 961. The number of thiazole rings is 1. The first kappa shape index (κ1) is 24.8. The normalized spacial score (nSPS) is 13.0. The van der Waals surface area contributed by atoms with E-state index in [0.717, 1.165) is 10.6 Å². The van der Waals surface area contributed by atoms with E-state index in [4.69, 9.17) is 14.2 Å². The second-order valence-electron chi connectivity index (χ2n) is 8.11. The number of carbonyl (C=O) groups is 2. The number of anilines is 1. The maximum Gasteiger partial charge on any atom is 0.257 e. The van der Waals surface area contributed by atoms with E-state index in [2.05, 4.69) is 10.3 Å². The fourth-order valence-corrected chi connectivity index (χ4v) is 4.65. The van der Waals surface area contributed by atoms with Crippen molar-refractivity contribution in [2.24, 2.45) is 5.92 Å². The molecule has 180 valence electrons. The molecule has 0 spiro atoms.